The molecule has 0 aliphatic carbocycles. The van der Waals surface area contributed by atoms with Crippen LogP contribution in [0.4, 0.5) is 0 Å². The Morgan fingerprint density at radius 2 is 1.71 bits per heavy atom. The minimum Gasteiger partial charge on any atom is -0.497 e. The number of imidazole rings is 2. The second kappa shape index (κ2) is 11.1. The van der Waals surface area contributed by atoms with E-state index in [0.29, 0.717) is 29.4 Å². The number of aromatic nitrogens is 4. The third-order valence-electron chi connectivity index (χ3n) is 7.72. The summed E-state index contributed by atoms with van der Waals surface area (Å²) in [7, 11) is -2.88. The van der Waals surface area contributed by atoms with Gasteiger partial charge in [-0.3, -0.25) is 9.36 Å². The quantitative estimate of drug-likeness (QED) is 0.273. The summed E-state index contributed by atoms with van der Waals surface area (Å²) in [6, 6.07) is 18.3. The van der Waals surface area contributed by atoms with Crippen LogP contribution in [-0.2, 0) is 14.8 Å². The predicted octanol–water partition coefficient (Wildman–Crippen LogP) is 4.35. The molecule has 0 N–H and O–H groups in total. The SMILES string of the molecule is COc1ccc(S(=O)(=O)n2c(=O)n(C(C(=O)N3CCC(n4ccnc4)CC3)c3ccccc3)c3cc(Cl)ccc32)cc1. The lowest BCUT2D eigenvalue weighted by Crippen LogP contribution is -2.45. The molecule has 10 nitrogen and oxygen atoms in total. The zero-order valence-corrected chi connectivity index (χ0v) is 24.3. The Labute approximate surface area is 247 Å². The number of likely N-dealkylation sites (tertiary alicyclic amines) is 1. The van der Waals surface area contributed by atoms with Crippen molar-refractivity contribution >= 4 is 38.6 Å². The number of rotatable bonds is 7. The lowest BCUT2D eigenvalue weighted by Gasteiger charge is -2.35. The molecule has 1 fully saturated rings. The number of carbonyl (C=O) groups excluding carboxylic acids is 1. The first-order chi connectivity index (χ1) is 20.3. The van der Waals surface area contributed by atoms with Gasteiger partial charge in [0.25, 0.3) is 10.0 Å². The third-order valence-corrected chi connectivity index (χ3v) is 9.66. The molecule has 3 aromatic carbocycles. The van der Waals surface area contributed by atoms with E-state index in [1.807, 2.05) is 16.8 Å². The summed E-state index contributed by atoms with van der Waals surface area (Å²) < 4.78 is 37.0. The van der Waals surface area contributed by atoms with Gasteiger partial charge in [0.15, 0.2) is 0 Å². The third kappa shape index (κ3) is 4.88. The van der Waals surface area contributed by atoms with Crippen LogP contribution in [0, 0.1) is 0 Å². The van der Waals surface area contributed by atoms with Crippen molar-refractivity contribution in [3.05, 3.63) is 113 Å². The molecule has 0 radical (unpaired) electrons. The fourth-order valence-electron chi connectivity index (χ4n) is 5.58. The van der Waals surface area contributed by atoms with Crippen LogP contribution in [0.2, 0.25) is 5.02 Å². The average molecular weight is 606 g/mol. The van der Waals surface area contributed by atoms with Crippen LogP contribution in [0.1, 0.15) is 30.5 Å². The van der Waals surface area contributed by atoms with Crippen LogP contribution in [-0.4, -0.2) is 57.5 Å². The maximum Gasteiger partial charge on any atom is 0.344 e. The number of hydrogen-bond donors (Lipinski definition) is 0. The second-order valence-corrected chi connectivity index (χ2v) is 12.3. The van der Waals surface area contributed by atoms with Gasteiger partial charge >= 0.3 is 5.69 Å². The second-order valence-electron chi connectivity index (χ2n) is 10.1. The van der Waals surface area contributed by atoms with Gasteiger partial charge in [-0.15, -0.1) is 0 Å². The molecule has 42 heavy (non-hydrogen) atoms. The Balaban J connectivity index is 1.48. The Morgan fingerprint density at radius 1 is 1.00 bits per heavy atom. The highest BCUT2D eigenvalue weighted by atomic mass is 35.5. The molecule has 1 unspecified atom stereocenters. The number of ether oxygens (including phenoxy) is 1. The van der Waals surface area contributed by atoms with Crippen molar-refractivity contribution in [2.24, 2.45) is 0 Å². The fraction of sp³-hybridized carbons (Fsp3) is 0.233. The van der Waals surface area contributed by atoms with Crippen LogP contribution in [0.15, 0.2) is 101 Å². The number of amides is 1. The van der Waals surface area contributed by atoms with E-state index in [9.17, 15) is 18.0 Å². The number of hydrogen-bond acceptors (Lipinski definition) is 6. The Morgan fingerprint density at radius 3 is 2.36 bits per heavy atom. The minimum atomic E-state index is -4.36. The summed E-state index contributed by atoms with van der Waals surface area (Å²) in [6.07, 6.45) is 6.86. The number of carbonyl (C=O) groups is 1. The van der Waals surface area contributed by atoms with Gasteiger partial charge in [-0.05, 0) is 60.9 Å². The first-order valence-corrected chi connectivity index (χ1v) is 15.2. The standard InChI is InChI=1S/C30H28ClN5O5S/c1-41-24-8-10-25(11-9-24)42(39,40)36-26-12-7-22(31)19-27(26)35(30(36)38)28(21-5-3-2-4-6-21)29(37)33-16-13-23(14-17-33)34-18-15-32-20-34/h2-12,15,18-20,23,28H,13-14,16-17H2,1H3. The van der Waals surface area contributed by atoms with Crippen LogP contribution in [0.25, 0.3) is 11.0 Å². The highest BCUT2D eigenvalue weighted by Crippen LogP contribution is 2.31. The normalized spacial score (nSPS) is 15.1. The lowest BCUT2D eigenvalue weighted by atomic mass is 10.0. The summed E-state index contributed by atoms with van der Waals surface area (Å²) in [6.45, 7) is 0.951. The predicted molar refractivity (Wildman–Crippen MR) is 158 cm³/mol. The fourth-order valence-corrected chi connectivity index (χ4v) is 7.14. The number of halogens is 1. The molecule has 0 bridgehead atoms. The number of nitrogens with zero attached hydrogens (tertiary/aromatic N) is 5. The zero-order chi connectivity index (χ0) is 29.4. The van der Waals surface area contributed by atoms with E-state index in [4.69, 9.17) is 16.3 Å². The van der Waals surface area contributed by atoms with Gasteiger partial charge in [0, 0.05) is 36.5 Å². The highest BCUT2D eigenvalue weighted by Gasteiger charge is 2.36. The van der Waals surface area contributed by atoms with Crippen molar-refractivity contribution in [3.8, 4) is 5.75 Å². The van der Waals surface area contributed by atoms with Gasteiger partial charge in [-0.2, -0.15) is 3.97 Å². The monoisotopic (exact) mass is 605 g/mol. The molecule has 1 saturated heterocycles. The molecule has 1 atom stereocenters. The van der Waals surface area contributed by atoms with Crippen molar-refractivity contribution in [3.63, 3.8) is 0 Å². The van der Waals surface area contributed by atoms with Gasteiger partial charge in [-0.1, -0.05) is 41.9 Å². The number of piperidine rings is 1. The number of methoxy groups -OCH3 is 1. The molecule has 3 heterocycles. The van der Waals surface area contributed by atoms with E-state index in [-0.39, 0.29) is 27.9 Å². The topological polar surface area (TPSA) is 108 Å². The molecule has 0 saturated carbocycles. The lowest BCUT2D eigenvalue weighted by molar-refractivity contribution is -0.134. The van der Waals surface area contributed by atoms with E-state index >= 15 is 0 Å². The molecular weight excluding hydrogens is 578 g/mol. The van der Waals surface area contributed by atoms with Gasteiger partial charge < -0.3 is 14.2 Å². The van der Waals surface area contributed by atoms with E-state index in [1.54, 1.807) is 41.7 Å². The summed E-state index contributed by atoms with van der Waals surface area (Å²) in [5.41, 5.74) is 0.0497. The Bertz CT molecular complexity index is 1890. The molecule has 216 valence electrons. The van der Waals surface area contributed by atoms with E-state index in [1.165, 1.54) is 54.1 Å². The first-order valence-electron chi connectivity index (χ1n) is 13.4. The summed E-state index contributed by atoms with van der Waals surface area (Å²) in [5.74, 6) is 0.176. The van der Waals surface area contributed by atoms with Gasteiger partial charge in [-0.25, -0.2) is 18.2 Å². The maximum absolute atomic E-state index is 14.3. The van der Waals surface area contributed by atoms with E-state index in [2.05, 4.69) is 4.98 Å². The number of benzene rings is 3. The molecule has 1 amide bonds. The van der Waals surface area contributed by atoms with Gasteiger partial charge in [0.2, 0.25) is 5.91 Å². The largest absolute Gasteiger partial charge is 0.497 e. The first kappa shape index (κ1) is 27.8. The zero-order valence-electron chi connectivity index (χ0n) is 22.7. The van der Waals surface area contributed by atoms with Crippen molar-refractivity contribution in [1.29, 1.82) is 0 Å². The maximum atomic E-state index is 14.3. The average Bonchev–Trinajstić information content (AvgIpc) is 3.65. The van der Waals surface area contributed by atoms with Crippen LogP contribution in [0.3, 0.4) is 0 Å². The van der Waals surface area contributed by atoms with Gasteiger partial charge in [0.05, 0.1) is 29.4 Å². The molecule has 0 spiro atoms. The van der Waals surface area contributed by atoms with E-state index in [0.717, 1.165) is 16.8 Å². The summed E-state index contributed by atoms with van der Waals surface area (Å²) >= 11 is 6.37. The molecule has 2 aromatic heterocycles. The van der Waals surface area contributed by atoms with Crippen molar-refractivity contribution < 1.29 is 17.9 Å². The molecular formula is C30H28ClN5O5S. The van der Waals surface area contributed by atoms with Crippen LogP contribution in [0.5, 0.6) is 5.75 Å². The number of fused-ring (bicyclic) bond motifs is 1. The van der Waals surface area contributed by atoms with Crippen LogP contribution >= 0.6 is 11.6 Å². The molecule has 5 aromatic rings. The molecule has 1 aliphatic heterocycles. The van der Waals surface area contributed by atoms with Crippen molar-refractivity contribution in [2.45, 2.75) is 29.8 Å². The molecule has 1 aliphatic rings. The summed E-state index contributed by atoms with van der Waals surface area (Å²) in [5, 5.41) is 0.302. The van der Waals surface area contributed by atoms with Gasteiger partial charge in [0.1, 0.15) is 11.8 Å². The Hall–Kier alpha value is -4.35. The van der Waals surface area contributed by atoms with Crippen molar-refractivity contribution in [2.75, 3.05) is 20.2 Å². The van der Waals surface area contributed by atoms with Crippen molar-refractivity contribution in [1.82, 2.24) is 23.0 Å². The smallest absolute Gasteiger partial charge is 0.344 e. The van der Waals surface area contributed by atoms with E-state index < -0.39 is 21.8 Å². The summed E-state index contributed by atoms with van der Waals surface area (Å²) in [4.78, 5) is 34.3. The molecule has 12 heteroatoms. The minimum absolute atomic E-state index is 0.0939. The molecule has 6 rings (SSSR count). The highest BCUT2D eigenvalue weighted by molar-refractivity contribution is 7.90. The van der Waals surface area contributed by atoms with Crippen LogP contribution < -0.4 is 10.4 Å². The Kier molecular flexibility index (Phi) is 7.38.